The van der Waals surface area contributed by atoms with E-state index in [1.54, 1.807) is 0 Å². The van der Waals surface area contributed by atoms with E-state index in [4.69, 9.17) is 5.11 Å². The molecule has 2 N–H and O–H groups in total. The number of aliphatic carboxylic acids is 1. The number of hydrogen-bond acceptors (Lipinski definition) is 2. The summed E-state index contributed by atoms with van der Waals surface area (Å²) in [4.78, 5) is 20.8. The molecule has 0 bridgehead atoms. The summed E-state index contributed by atoms with van der Waals surface area (Å²) in [6.07, 6.45) is 0. The van der Waals surface area contributed by atoms with Crippen LogP contribution >= 0.6 is 0 Å². The quantitative estimate of drug-likeness (QED) is 0.533. The van der Waals surface area contributed by atoms with Gasteiger partial charge in [-0.2, -0.15) is 0 Å². The second kappa shape index (κ2) is 4.34. The molecule has 0 heterocycles. The predicted octanol–water partition coefficient (Wildman–Crippen LogP) is -0.401. The molecule has 0 aliphatic heterocycles. The molecule has 0 aromatic heterocycles. The lowest BCUT2D eigenvalue weighted by Gasteiger charge is -2.03. The fourth-order valence-corrected chi connectivity index (χ4v) is 0.408. The molecule has 4 heteroatoms. The molecule has 0 rings (SSSR count). The summed E-state index contributed by atoms with van der Waals surface area (Å²) in [5.41, 5.74) is 0. The van der Waals surface area contributed by atoms with Crippen LogP contribution in [0.15, 0.2) is 0 Å². The molecule has 0 saturated heterocycles. The molecule has 0 radical (unpaired) electrons. The van der Waals surface area contributed by atoms with Crippen molar-refractivity contribution in [3.63, 3.8) is 0 Å². The zero-order chi connectivity index (χ0) is 8.85. The predicted molar refractivity (Wildman–Crippen MR) is 38.7 cm³/mol. The number of nitrogens with one attached hydrogen (secondary N) is 1. The van der Waals surface area contributed by atoms with E-state index in [0.717, 1.165) is 0 Å². The zero-order valence-corrected chi connectivity index (χ0v) is 6.34. The molecule has 1 atom stereocenters. The van der Waals surface area contributed by atoms with Gasteiger partial charge >= 0.3 is 5.97 Å². The molecule has 1 amide bonds. The molecular formula is C7H9NO3. The van der Waals surface area contributed by atoms with Gasteiger partial charge in [-0.3, -0.25) is 9.59 Å². The maximum atomic E-state index is 10.6. The van der Waals surface area contributed by atoms with Crippen LogP contribution in [0.5, 0.6) is 0 Å². The standard InChI is InChI=1S/C7H9NO3/c1-3-4-6(9)8-5(2)7(10)11/h5H,1-2H3,(H,8,9)(H,10,11)/t5-/m1/s1. The first-order chi connectivity index (χ1) is 5.07. The molecule has 0 aromatic rings. The molecule has 0 aliphatic carbocycles. The van der Waals surface area contributed by atoms with Crippen LogP contribution in [-0.2, 0) is 9.59 Å². The molecule has 0 aliphatic rings. The van der Waals surface area contributed by atoms with Crippen molar-refractivity contribution in [2.24, 2.45) is 0 Å². The highest BCUT2D eigenvalue weighted by Gasteiger charge is 2.11. The van der Waals surface area contributed by atoms with Gasteiger partial charge in [0.05, 0.1) is 0 Å². The summed E-state index contributed by atoms with van der Waals surface area (Å²) in [6.45, 7) is 2.88. The highest BCUT2D eigenvalue weighted by atomic mass is 16.4. The minimum Gasteiger partial charge on any atom is -0.480 e. The fourth-order valence-electron chi connectivity index (χ4n) is 0.408. The lowest BCUT2D eigenvalue weighted by Crippen LogP contribution is -2.37. The summed E-state index contributed by atoms with van der Waals surface area (Å²) in [5.74, 6) is 2.88. The van der Waals surface area contributed by atoms with Crippen LogP contribution in [0.1, 0.15) is 13.8 Å². The first kappa shape index (κ1) is 9.50. The van der Waals surface area contributed by atoms with Crippen LogP contribution in [0.2, 0.25) is 0 Å². The van der Waals surface area contributed by atoms with Crippen LogP contribution in [0.25, 0.3) is 0 Å². The Bertz CT molecular complexity index is 224. The van der Waals surface area contributed by atoms with E-state index in [-0.39, 0.29) is 0 Å². The van der Waals surface area contributed by atoms with E-state index in [0.29, 0.717) is 0 Å². The Morgan fingerprint density at radius 2 is 2.09 bits per heavy atom. The van der Waals surface area contributed by atoms with Crippen LogP contribution in [-0.4, -0.2) is 23.0 Å². The van der Waals surface area contributed by atoms with Gasteiger partial charge in [-0.25, -0.2) is 0 Å². The minimum absolute atomic E-state index is 0.567. The van der Waals surface area contributed by atoms with Crippen molar-refractivity contribution >= 4 is 11.9 Å². The summed E-state index contributed by atoms with van der Waals surface area (Å²) in [5, 5.41) is 10.5. The minimum atomic E-state index is -1.07. The first-order valence-corrected chi connectivity index (χ1v) is 3.04. The van der Waals surface area contributed by atoms with Crippen molar-refractivity contribution in [2.45, 2.75) is 19.9 Å². The Morgan fingerprint density at radius 3 is 2.45 bits per heavy atom. The Kier molecular flexibility index (Phi) is 3.75. The van der Waals surface area contributed by atoms with Crippen molar-refractivity contribution in [3.05, 3.63) is 0 Å². The molecular weight excluding hydrogens is 146 g/mol. The number of carboxylic acid groups (broad SMARTS) is 1. The topological polar surface area (TPSA) is 66.4 Å². The Morgan fingerprint density at radius 1 is 1.55 bits per heavy atom. The molecule has 60 valence electrons. The third kappa shape index (κ3) is 3.98. The first-order valence-electron chi connectivity index (χ1n) is 3.04. The normalized spacial score (nSPS) is 10.7. The Labute approximate surface area is 64.6 Å². The fraction of sp³-hybridized carbons (Fsp3) is 0.429. The highest BCUT2D eigenvalue weighted by molar-refractivity contribution is 5.95. The van der Waals surface area contributed by atoms with Crippen LogP contribution < -0.4 is 5.32 Å². The maximum Gasteiger partial charge on any atom is 0.325 e. The third-order valence-electron chi connectivity index (χ3n) is 0.957. The van der Waals surface area contributed by atoms with E-state index in [9.17, 15) is 9.59 Å². The van der Waals surface area contributed by atoms with Gasteiger partial charge in [-0.05, 0) is 19.8 Å². The van der Waals surface area contributed by atoms with Crippen molar-refractivity contribution in [2.75, 3.05) is 0 Å². The van der Waals surface area contributed by atoms with Crippen LogP contribution in [0, 0.1) is 11.8 Å². The number of carbonyl (C=O) groups is 2. The SMILES string of the molecule is CC#CC(=O)N[C@H](C)C(=O)O. The van der Waals surface area contributed by atoms with Gasteiger partial charge in [0.1, 0.15) is 6.04 Å². The average Bonchev–Trinajstić information content (AvgIpc) is 1.87. The molecule has 11 heavy (non-hydrogen) atoms. The number of carbonyl (C=O) groups excluding carboxylic acids is 1. The van der Waals surface area contributed by atoms with Gasteiger partial charge in [0.25, 0.3) is 5.91 Å². The van der Waals surface area contributed by atoms with Gasteiger partial charge in [0.2, 0.25) is 0 Å². The van der Waals surface area contributed by atoms with Gasteiger partial charge in [0, 0.05) is 0 Å². The van der Waals surface area contributed by atoms with E-state index in [1.165, 1.54) is 13.8 Å². The molecule has 0 aromatic carbocycles. The van der Waals surface area contributed by atoms with E-state index >= 15 is 0 Å². The lowest BCUT2D eigenvalue weighted by molar-refractivity contribution is -0.140. The molecule has 0 fully saturated rings. The summed E-state index contributed by atoms with van der Waals surface area (Å²) in [7, 11) is 0. The zero-order valence-electron chi connectivity index (χ0n) is 6.34. The van der Waals surface area contributed by atoms with Gasteiger partial charge < -0.3 is 10.4 Å². The maximum absolute atomic E-state index is 10.6. The second-order valence-corrected chi connectivity index (χ2v) is 1.91. The van der Waals surface area contributed by atoms with Crippen molar-refractivity contribution < 1.29 is 14.7 Å². The van der Waals surface area contributed by atoms with Gasteiger partial charge in [-0.15, -0.1) is 0 Å². The monoisotopic (exact) mass is 155 g/mol. The van der Waals surface area contributed by atoms with E-state index in [1.807, 2.05) is 0 Å². The molecule has 0 unspecified atom stereocenters. The Hall–Kier alpha value is -1.50. The van der Waals surface area contributed by atoms with Crippen molar-refractivity contribution in [1.29, 1.82) is 0 Å². The molecule has 0 saturated carbocycles. The summed E-state index contributed by atoms with van der Waals surface area (Å²) >= 11 is 0. The number of amides is 1. The highest BCUT2D eigenvalue weighted by Crippen LogP contribution is 1.79. The van der Waals surface area contributed by atoms with Gasteiger partial charge in [0.15, 0.2) is 0 Å². The molecule has 0 spiro atoms. The van der Waals surface area contributed by atoms with Crippen LogP contribution in [0.3, 0.4) is 0 Å². The van der Waals surface area contributed by atoms with E-state index in [2.05, 4.69) is 17.2 Å². The van der Waals surface area contributed by atoms with Crippen LogP contribution in [0.4, 0.5) is 0 Å². The average molecular weight is 155 g/mol. The molecule has 4 nitrogen and oxygen atoms in total. The number of hydrogen-bond donors (Lipinski definition) is 2. The van der Waals surface area contributed by atoms with Gasteiger partial charge in [-0.1, -0.05) is 5.92 Å². The summed E-state index contributed by atoms with van der Waals surface area (Å²) in [6, 6.07) is -0.886. The Balaban J connectivity index is 3.92. The number of carboxylic acids is 1. The third-order valence-corrected chi connectivity index (χ3v) is 0.957. The lowest BCUT2D eigenvalue weighted by atomic mass is 10.3. The van der Waals surface area contributed by atoms with Crippen molar-refractivity contribution in [1.82, 2.24) is 5.32 Å². The van der Waals surface area contributed by atoms with E-state index < -0.39 is 17.9 Å². The summed E-state index contributed by atoms with van der Waals surface area (Å²) < 4.78 is 0. The second-order valence-electron chi connectivity index (χ2n) is 1.91. The number of rotatable bonds is 2. The largest absolute Gasteiger partial charge is 0.480 e. The van der Waals surface area contributed by atoms with Crippen molar-refractivity contribution in [3.8, 4) is 11.8 Å². The smallest absolute Gasteiger partial charge is 0.325 e.